The molecule has 8 rings (SSSR count). The summed E-state index contributed by atoms with van der Waals surface area (Å²) in [7, 11) is 0. The Morgan fingerprint density at radius 3 is 1.81 bits per heavy atom. The van der Waals surface area contributed by atoms with Crippen molar-refractivity contribution in [2.45, 2.75) is 50.0 Å². The summed E-state index contributed by atoms with van der Waals surface area (Å²) < 4.78 is 12.6. The molecule has 9 nitrogen and oxygen atoms in total. The smallest absolute Gasteiger partial charge is 0.340 e. The van der Waals surface area contributed by atoms with E-state index in [0.29, 0.717) is 5.56 Å². The lowest BCUT2D eigenvalue weighted by Gasteiger charge is -2.37. The summed E-state index contributed by atoms with van der Waals surface area (Å²) in [5, 5.41) is 19.4. The molecule has 0 radical (unpaired) electrons. The highest BCUT2D eigenvalue weighted by molar-refractivity contribution is 7.98. The molecule has 6 aromatic carbocycles. The number of hydrogen-bond donors (Lipinski definition) is 2. The minimum atomic E-state index is -1.17. The number of thioether (sulfide) groups is 2. The number of nitrogens with zero attached hydrogens (tertiary/aromatic N) is 2. The number of fused-ring (bicyclic) bond motifs is 6. The molecule has 2 aliphatic rings. The van der Waals surface area contributed by atoms with E-state index in [4.69, 9.17) is 9.47 Å². The monoisotopic (exact) mass is 868 g/mol. The zero-order valence-electron chi connectivity index (χ0n) is 36.1. The Morgan fingerprint density at radius 1 is 0.613 bits per heavy atom. The maximum atomic E-state index is 12.9. The first kappa shape index (κ1) is 45.4. The van der Waals surface area contributed by atoms with Crippen LogP contribution in [0.1, 0.15) is 86.6 Å². The van der Waals surface area contributed by atoms with Crippen LogP contribution in [0.4, 0.5) is 11.4 Å². The molecule has 0 aromatic heterocycles. The predicted molar refractivity (Wildman–Crippen MR) is 252 cm³/mol. The molecule has 1 unspecified atom stereocenters. The third-order valence-electron chi connectivity index (χ3n) is 11.0. The van der Waals surface area contributed by atoms with Crippen LogP contribution in [0.3, 0.4) is 0 Å². The van der Waals surface area contributed by atoms with E-state index in [2.05, 4.69) is 74.4 Å². The maximum Gasteiger partial charge on any atom is 0.340 e. The number of benzene rings is 6. The molecule has 0 saturated heterocycles. The van der Waals surface area contributed by atoms with E-state index in [-0.39, 0.29) is 28.4 Å². The Hall–Kier alpha value is -6.17. The quantitative estimate of drug-likeness (QED) is 0.0736. The number of ether oxygens (including phenoxy) is 2. The lowest BCUT2D eigenvalue weighted by Crippen LogP contribution is -2.33. The van der Waals surface area contributed by atoms with E-state index in [0.717, 1.165) is 70.6 Å². The minimum Gasteiger partial charge on any atom is -0.507 e. The molecule has 6 aromatic rings. The summed E-state index contributed by atoms with van der Waals surface area (Å²) in [5.74, 6) is -0.680. The van der Waals surface area contributed by atoms with Gasteiger partial charge in [0.15, 0.2) is 11.4 Å². The Kier molecular flexibility index (Phi) is 14.7. The molecule has 1 atom stereocenters. The predicted octanol–water partition coefficient (Wildman–Crippen LogP) is 11.7. The second-order valence-electron chi connectivity index (χ2n) is 14.5. The topological polar surface area (TPSA) is 117 Å². The number of anilines is 2. The third kappa shape index (κ3) is 9.19. The maximum absolute atomic E-state index is 12.9. The van der Waals surface area contributed by atoms with Gasteiger partial charge >= 0.3 is 11.9 Å². The van der Waals surface area contributed by atoms with Crippen molar-refractivity contribution in [3.8, 4) is 17.2 Å². The molecule has 0 fully saturated rings. The number of rotatable bonds is 11. The van der Waals surface area contributed by atoms with Crippen LogP contribution in [-0.4, -0.2) is 66.6 Å². The van der Waals surface area contributed by atoms with Crippen LogP contribution in [0.2, 0.25) is 0 Å². The molecule has 2 aliphatic heterocycles. The second-order valence-corrected chi connectivity index (χ2v) is 16.3. The number of phenols is 1. The summed E-state index contributed by atoms with van der Waals surface area (Å²) >= 11 is 3.43. The van der Waals surface area contributed by atoms with Gasteiger partial charge in [0.1, 0.15) is 17.2 Å². The van der Waals surface area contributed by atoms with Crippen molar-refractivity contribution in [1.29, 1.82) is 0 Å². The standard InChI is InChI=1S/C25H23NO3S.C18H19NO4.C8H10S/c1-4-26(5-2)16-10-12-20-23(14-16)28-22-13-11-17(30-3)15-21(22)25(20)19-9-7-6-8-18(19)24(27)29-25;1-3-19(4-2)12-9-10-15(16(20)11-12)17(21)13-7-5-6-8-14(13)18(22)23;1-7-3-5-8(9-2)6-4-7/h6-15H,4-5H2,1-3H3;5-11,20H,3-4H2,1-2H3,(H,22,23);3-6H,1-2H3. The average Bonchev–Trinajstić information content (AvgIpc) is 3.59. The molecule has 0 aliphatic carbocycles. The van der Waals surface area contributed by atoms with Crippen molar-refractivity contribution in [1.82, 2.24) is 0 Å². The Labute approximate surface area is 372 Å². The molecule has 320 valence electrons. The first-order valence-electron chi connectivity index (χ1n) is 20.6. The number of esters is 1. The first-order chi connectivity index (χ1) is 29.9. The highest BCUT2D eigenvalue weighted by Crippen LogP contribution is 2.57. The van der Waals surface area contributed by atoms with Crippen molar-refractivity contribution in [3.05, 3.63) is 172 Å². The normalized spacial score (nSPS) is 14.1. The summed E-state index contributed by atoms with van der Waals surface area (Å²) in [4.78, 5) is 43.5. The van der Waals surface area contributed by atoms with E-state index in [1.54, 1.807) is 41.7 Å². The van der Waals surface area contributed by atoms with Gasteiger partial charge in [0.05, 0.1) is 16.7 Å². The van der Waals surface area contributed by atoms with Crippen molar-refractivity contribution in [2.75, 3.05) is 48.5 Å². The lowest BCUT2D eigenvalue weighted by atomic mass is 9.77. The van der Waals surface area contributed by atoms with E-state index < -0.39 is 17.4 Å². The van der Waals surface area contributed by atoms with Crippen molar-refractivity contribution in [2.24, 2.45) is 0 Å². The van der Waals surface area contributed by atoms with Crippen LogP contribution in [0, 0.1) is 6.92 Å². The summed E-state index contributed by atoms with van der Waals surface area (Å²) in [5.41, 5.74) is 5.53. The zero-order chi connectivity index (χ0) is 44.6. The lowest BCUT2D eigenvalue weighted by molar-refractivity contribution is 0.0223. The zero-order valence-corrected chi connectivity index (χ0v) is 37.7. The number of carbonyl (C=O) groups is 3. The second kappa shape index (κ2) is 20.1. The fourth-order valence-electron chi connectivity index (χ4n) is 7.74. The van der Waals surface area contributed by atoms with Gasteiger partial charge in [-0.2, -0.15) is 0 Å². The van der Waals surface area contributed by atoms with Crippen LogP contribution in [0.5, 0.6) is 17.2 Å². The van der Waals surface area contributed by atoms with Crippen LogP contribution in [0.25, 0.3) is 0 Å². The van der Waals surface area contributed by atoms with Crippen molar-refractivity contribution >= 4 is 52.6 Å². The van der Waals surface area contributed by atoms with Gasteiger partial charge in [-0.15, -0.1) is 23.5 Å². The summed E-state index contributed by atoms with van der Waals surface area (Å²) in [6, 6.07) is 39.3. The Bertz CT molecular complexity index is 2570. The van der Waals surface area contributed by atoms with E-state index in [1.165, 1.54) is 34.7 Å². The minimum absolute atomic E-state index is 0.0610. The van der Waals surface area contributed by atoms with Gasteiger partial charge in [0.25, 0.3) is 0 Å². The Morgan fingerprint density at radius 2 is 1.19 bits per heavy atom. The van der Waals surface area contributed by atoms with Gasteiger partial charge in [-0.25, -0.2) is 9.59 Å². The van der Waals surface area contributed by atoms with Crippen molar-refractivity contribution < 1.29 is 34.1 Å². The number of aryl methyl sites for hydroxylation is 1. The van der Waals surface area contributed by atoms with Gasteiger partial charge in [0.2, 0.25) is 0 Å². The van der Waals surface area contributed by atoms with E-state index in [9.17, 15) is 24.6 Å². The number of carboxylic acid groups (broad SMARTS) is 1. The summed E-state index contributed by atoms with van der Waals surface area (Å²) in [6.45, 7) is 13.8. The molecule has 0 amide bonds. The number of aromatic hydroxyl groups is 1. The molecular weight excluding hydrogens is 817 g/mol. The molecule has 2 heterocycles. The number of hydrogen-bond acceptors (Lipinski definition) is 10. The molecule has 0 bridgehead atoms. The fraction of sp³-hybridized carbons (Fsp3) is 0.235. The van der Waals surface area contributed by atoms with Gasteiger partial charge < -0.3 is 29.5 Å². The molecular formula is C51H52N2O7S2. The van der Waals surface area contributed by atoms with E-state index in [1.807, 2.05) is 67.5 Å². The average molecular weight is 869 g/mol. The van der Waals surface area contributed by atoms with Gasteiger partial charge in [-0.1, -0.05) is 54.1 Å². The van der Waals surface area contributed by atoms with Gasteiger partial charge in [-0.3, -0.25) is 4.79 Å². The van der Waals surface area contributed by atoms with Crippen LogP contribution >= 0.6 is 23.5 Å². The molecule has 11 heteroatoms. The Balaban J connectivity index is 0.000000177. The van der Waals surface area contributed by atoms with Crippen LogP contribution in [0.15, 0.2) is 137 Å². The van der Waals surface area contributed by atoms with Crippen LogP contribution in [-0.2, 0) is 10.3 Å². The summed E-state index contributed by atoms with van der Waals surface area (Å²) in [6.07, 6.45) is 4.13. The molecule has 2 N–H and O–H groups in total. The first-order valence-corrected chi connectivity index (χ1v) is 23.0. The fourth-order valence-corrected chi connectivity index (χ4v) is 8.59. The SMILES string of the molecule is CCN(CC)c1ccc(C(=O)c2ccccc2C(=O)O)c(O)c1.CCN(CC)c1ccc2c(c1)Oc1ccc(SC)cc1C21OC(=O)c2ccccc21.CSc1ccc(C)cc1. The number of ketones is 1. The molecule has 0 saturated carbocycles. The number of carbonyl (C=O) groups excluding carboxylic acids is 2. The molecule has 1 spiro atoms. The number of carboxylic acids is 1. The van der Waals surface area contributed by atoms with Gasteiger partial charge in [-0.05, 0) is 114 Å². The van der Waals surface area contributed by atoms with Gasteiger partial charge in [0, 0.05) is 81.7 Å². The third-order valence-corrected chi connectivity index (χ3v) is 12.5. The largest absolute Gasteiger partial charge is 0.507 e. The number of aromatic carboxylic acids is 1. The number of phenolic OH excluding ortho intramolecular Hbond substituents is 1. The highest BCUT2D eigenvalue weighted by atomic mass is 32.2. The van der Waals surface area contributed by atoms with Crippen molar-refractivity contribution in [3.63, 3.8) is 0 Å². The molecule has 62 heavy (non-hydrogen) atoms. The highest BCUT2D eigenvalue weighted by Gasteiger charge is 2.53. The van der Waals surface area contributed by atoms with E-state index >= 15 is 0 Å². The van der Waals surface area contributed by atoms with Crippen LogP contribution < -0.4 is 14.5 Å².